The number of hydrogen-bond acceptors (Lipinski definition) is 6. The van der Waals surface area contributed by atoms with E-state index in [4.69, 9.17) is 14.2 Å². The third kappa shape index (κ3) is 7.06. The van der Waals surface area contributed by atoms with Crippen LogP contribution in [-0.4, -0.2) is 36.7 Å². The summed E-state index contributed by atoms with van der Waals surface area (Å²) in [4.78, 5) is 38.6. The molecule has 194 valence electrons. The third-order valence-corrected chi connectivity index (χ3v) is 6.70. The fourth-order valence-electron chi connectivity index (χ4n) is 3.91. The van der Waals surface area contributed by atoms with Crippen LogP contribution < -0.4 is 0 Å². The van der Waals surface area contributed by atoms with Gasteiger partial charge in [0, 0.05) is 0 Å². The van der Waals surface area contributed by atoms with Gasteiger partial charge in [-0.25, -0.2) is 14.4 Å². The molecular formula is C31H34O6. The molecule has 0 aliphatic carbocycles. The molecule has 0 aliphatic heterocycles. The zero-order chi connectivity index (χ0) is 27.2. The minimum Gasteiger partial charge on any atom is -0.461 e. The average molecular weight is 503 g/mol. The maximum atomic E-state index is 12.9. The Labute approximate surface area is 218 Å². The summed E-state index contributed by atoms with van der Waals surface area (Å²) in [5, 5.41) is 0. The number of carbonyl (C=O) groups excluding carboxylic acids is 3. The molecule has 3 aromatic carbocycles. The number of rotatable bonds is 9. The summed E-state index contributed by atoms with van der Waals surface area (Å²) < 4.78 is 17.3. The minimum atomic E-state index is -1.04. The van der Waals surface area contributed by atoms with Gasteiger partial charge >= 0.3 is 17.9 Å². The lowest BCUT2D eigenvalue weighted by atomic mass is 9.80. The van der Waals surface area contributed by atoms with E-state index in [1.807, 2.05) is 39.0 Å². The standard InChI is InChI=1S/C31H34O6/c1-20-10-7-13-25(16-20)28(32)35-19-31(6,23(4)36-29(33)26-14-8-11-21(2)17-26)24(5)37-30(34)27-15-9-12-22(3)18-27/h7-18,23-24H,19H2,1-6H3. The second-order valence-corrected chi connectivity index (χ2v) is 9.79. The van der Waals surface area contributed by atoms with Gasteiger partial charge in [0.25, 0.3) is 0 Å². The summed E-state index contributed by atoms with van der Waals surface area (Å²) in [5.41, 5.74) is 2.98. The van der Waals surface area contributed by atoms with E-state index in [2.05, 4.69) is 0 Å². The van der Waals surface area contributed by atoms with Crippen LogP contribution in [0.3, 0.4) is 0 Å². The van der Waals surface area contributed by atoms with Gasteiger partial charge in [-0.05, 0) is 77.9 Å². The first-order valence-corrected chi connectivity index (χ1v) is 12.3. The Balaban J connectivity index is 1.83. The number of carbonyl (C=O) groups is 3. The summed E-state index contributed by atoms with van der Waals surface area (Å²) in [5.74, 6) is -1.53. The number of hydrogen-bond donors (Lipinski definition) is 0. The van der Waals surface area contributed by atoms with Gasteiger partial charge in [-0.1, -0.05) is 53.1 Å². The lowest BCUT2D eigenvalue weighted by molar-refractivity contribution is -0.0925. The molecule has 0 saturated heterocycles. The number of aryl methyl sites for hydroxylation is 3. The van der Waals surface area contributed by atoms with Crippen LogP contribution in [0.15, 0.2) is 72.8 Å². The van der Waals surface area contributed by atoms with Crippen LogP contribution in [0.4, 0.5) is 0 Å². The van der Waals surface area contributed by atoms with Gasteiger partial charge in [-0.15, -0.1) is 0 Å². The van der Waals surface area contributed by atoms with Crippen molar-refractivity contribution in [1.82, 2.24) is 0 Å². The van der Waals surface area contributed by atoms with E-state index in [-0.39, 0.29) is 6.61 Å². The predicted molar refractivity (Wildman–Crippen MR) is 142 cm³/mol. The summed E-state index contributed by atoms with van der Waals surface area (Å²) >= 11 is 0. The highest BCUT2D eigenvalue weighted by Crippen LogP contribution is 2.33. The van der Waals surface area contributed by atoms with Gasteiger partial charge in [0.1, 0.15) is 18.8 Å². The molecule has 6 nitrogen and oxygen atoms in total. The molecule has 0 saturated carbocycles. The molecule has 0 aliphatic rings. The van der Waals surface area contributed by atoms with Crippen molar-refractivity contribution in [2.45, 2.75) is 53.8 Å². The van der Waals surface area contributed by atoms with E-state index in [0.29, 0.717) is 16.7 Å². The third-order valence-electron chi connectivity index (χ3n) is 6.70. The minimum absolute atomic E-state index is 0.135. The fourth-order valence-corrected chi connectivity index (χ4v) is 3.91. The Hall–Kier alpha value is -3.93. The molecular weight excluding hydrogens is 468 g/mol. The van der Waals surface area contributed by atoms with Crippen LogP contribution in [0.5, 0.6) is 0 Å². The zero-order valence-electron chi connectivity index (χ0n) is 22.2. The maximum absolute atomic E-state index is 12.9. The SMILES string of the molecule is Cc1cccc(C(=O)OCC(C)(C(C)OC(=O)c2cccc(C)c2)C(C)OC(=O)c2cccc(C)c2)c1. The van der Waals surface area contributed by atoms with Crippen LogP contribution in [0.2, 0.25) is 0 Å². The molecule has 0 aromatic heterocycles. The molecule has 3 aromatic rings. The zero-order valence-corrected chi connectivity index (χ0v) is 22.2. The summed E-state index contributed by atoms with van der Waals surface area (Å²) in [6.07, 6.45) is -1.52. The lowest BCUT2D eigenvalue weighted by Gasteiger charge is -2.38. The number of ether oxygens (including phenoxy) is 3. The Bertz CT molecular complexity index is 1210. The van der Waals surface area contributed by atoms with Crippen LogP contribution >= 0.6 is 0 Å². The van der Waals surface area contributed by atoms with Crippen molar-refractivity contribution in [3.8, 4) is 0 Å². The van der Waals surface area contributed by atoms with Crippen LogP contribution in [-0.2, 0) is 14.2 Å². The van der Waals surface area contributed by atoms with Crippen molar-refractivity contribution < 1.29 is 28.6 Å². The molecule has 2 atom stereocenters. The highest BCUT2D eigenvalue weighted by molar-refractivity contribution is 5.91. The maximum Gasteiger partial charge on any atom is 0.338 e. The van der Waals surface area contributed by atoms with Gasteiger partial charge in [0.2, 0.25) is 0 Å². The topological polar surface area (TPSA) is 78.9 Å². The van der Waals surface area contributed by atoms with Crippen molar-refractivity contribution in [3.63, 3.8) is 0 Å². The first kappa shape index (κ1) is 27.7. The highest BCUT2D eigenvalue weighted by Gasteiger charge is 2.43. The van der Waals surface area contributed by atoms with Crippen molar-refractivity contribution >= 4 is 17.9 Å². The van der Waals surface area contributed by atoms with Crippen molar-refractivity contribution in [1.29, 1.82) is 0 Å². The summed E-state index contributed by atoms with van der Waals surface area (Å²) in [6.45, 7) is 10.7. The van der Waals surface area contributed by atoms with Gasteiger partial charge in [0.05, 0.1) is 22.1 Å². The first-order valence-electron chi connectivity index (χ1n) is 12.3. The molecule has 0 fully saturated rings. The Kier molecular flexibility index (Phi) is 8.87. The molecule has 37 heavy (non-hydrogen) atoms. The smallest absolute Gasteiger partial charge is 0.338 e. The first-order chi connectivity index (χ1) is 17.5. The van der Waals surface area contributed by atoms with E-state index in [0.717, 1.165) is 16.7 Å². The largest absolute Gasteiger partial charge is 0.461 e. The van der Waals surface area contributed by atoms with Crippen LogP contribution in [0, 0.1) is 26.2 Å². The van der Waals surface area contributed by atoms with Crippen molar-refractivity contribution in [2.75, 3.05) is 6.61 Å². The average Bonchev–Trinajstić information content (AvgIpc) is 2.86. The lowest BCUT2D eigenvalue weighted by Crippen LogP contribution is -2.48. The van der Waals surface area contributed by atoms with E-state index in [9.17, 15) is 14.4 Å². The Morgan fingerprint density at radius 3 is 1.35 bits per heavy atom. The van der Waals surface area contributed by atoms with Crippen molar-refractivity contribution in [2.24, 2.45) is 5.41 Å². The molecule has 6 heteroatoms. The molecule has 0 heterocycles. The fraction of sp³-hybridized carbons (Fsp3) is 0.323. The highest BCUT2D eigenvalue weighted by atomic mass is 16.6. The van der Waals surface area contributed by atoms with Gasteiger partial charge in [-0.2, -0.15) is 0 Å². The molecule has 0 N–H and O–H groups in total. The quantitative estimate of drug-likeness (QED) is 0.254. The Morgan fingerprint density at radius 2 is 1.00 bits per heavy atom. The predicted octanol–water partition coefficient (Wildman–Crippen LogP) is 6.27. The second kappa shape index (κ2) is 11.9. The van der Waals surface area contributed by atoms with E-state index in [1.54, 1.807) is 75.4 Å². The molecule has 0 radical (unpaired) electrons. The molecule has 2 unspecified atom stereocenters. The van der Waals surface area contributed by atoms with Gasteiger partial charge in [0.15, 0.2) is 0 Å². The van der Waals surface area contributed by atoms with Crippen molar-refractivity contribution in [3.05, 3.63) is 106 Å². The van der Waals surface area contributed by atoms with Crippen LogP contribution in [0.1, 0.15) is 68.5 Å². The van der Waals surface area contributed by atoms with Gasteiger partial charge in [-0.3, -0.25) is 0 Å². The Morgan fingerprint density at radius 1 is 0.649 bits per heavy atom. The molecule has 0 bridgehead atoms. The summed E-state index contributed by atoms with van der Waals surface area (Å²) in [6, 6.07) is 21.3. The van der Waals surface area contributed by atoms with E-state index in [1.165, 1.54) is 0 Å². The molecule has 3 rings (SSSR count). The summed E-state index contributed by atoms with van der Waals surface area (Å²) in [7, 11) is 0. The normalized spacial score (nSPS) is 14.1. The number of benzene rings is 3. The van der Waals surface area contributed by atoms with Crippen LogP contribution in [0.25, 0.3) is 0 Å². The van der Waals surface area contributed by atoms with E-state index >= 15 is 0 Å². The number of esters is 3. The monoisotopic (exact) mass is 502 g/mol. The van der Waals surface area contributed by atoms with E-state index < -0.39 is 35.5 Å². The van der Waals surface area contributed by atoms with Gasteiger partial charge < -0.3 is 14.2 Å². The molecule has 0 spiro atoms. The molecule has 0 amide bonds. The second-order valence-electron chi connectivity index (χ2n) is 9.79.